The van der Waals surface area contributed by atoms with Crippen LogP contribution in [0.4, 0.5) is 0 Å². The molecule has 0 N–H and O–H groups in total. The summed E-state index contributed by atoms with van der Waals surface area (Å²) in [5.41, 5.74) is 20.0. The number of hydrogen-bond acceptors (Lipinski definition) is 1. The molecule has 0 spiro atoms. The van der Waals surface area contributed by atoms with Gasteiger partial charge in [-0.05, 0) is 94.1 Å². The Morgan fingerprint density at radius 2 is 1.71 bits per heavy atom. The number of hydrogen-bond donors (Lipinski definition) is 0. The first kappa shape index (κ1) is 29.4. The molecule has 7 aliphatic rings. The molecule has 2 heteroatoms. The zero-order valence-electron chi connectivity index (χ0n) is 29.5. The number of fused-ring (bicyclic) bond motifs is 5. The van der Waals surface area contributed by atoms with Gasteiger partial charge in [-0.3, -0.25) is 0 Å². The van der Waals surface area contributed by atoms with Crippen molar-refractivity contribution in [2.45, 2.75) is 64.5 Å². The van der Waals surface area contributed by atoms with Crippen LogP contribution in [0.5, 0.6) is 0 Å². The van der Waals surface area contributed by atoms with E-state index in [2.05, 4.69) is 147 Å². The molecule has 0 amide bonds. The van der Waals surface area contributed by atoms with Crippen LogP contribution in [-0.2, 0) is 11.8 Å². The minimum Gasteiger partial charge on any atom is -0.350 e. The Hall–Kier alpha value is -4.56. The summed E-state index contributed by atoms with van der Waals surface area (Å²) < 4.78 is 2.86. The van der Waals surface area contributed by atoms with Crippen molar-refractivity contribution in [2.24, 2.45) is 23.7 Å². The van der Waals surface area contributed by atoms with E-state index in [1.54, 1.807) is 5.57 Å². The second-order valence-corrected chi connectivity index (χ2v) is 16.2. The topological polar surface area (TPSA) is 8.17 Å². The van der Waals surface area contributed by atoms with Gasteiger partial charge in [0.25, 0.3) is 0 Å². The minimum atomic E-state index is -0.135. The number of rotatable bonds is 2. The van der Waals surface area contributed by atoms with Crippen LogP contribution >= 0.6 is 0 Å². The Labute approximate surface area is 291 Å². The normalized spacial score (nSPS) is 31.7. The third-order valence-electron chi connectivity index (χ3n) is 13.1. The van der Waals surface area contributed by atoms with E-state index in [9.17, 15) is 0 Å². The summed E-state index contributed by atoms with van der Waals surface area (Å²) in [6.07, 6.45) is 25.1. The first-order valence-corrected chi connectivity index (χ1v) is 18.6. The van der Waals surface area contributed by atoms with Crippen molar-refractivity contribution in [3.8, 4) is 11.1 Å². The predicted molar refractivity (Wildman–Crippen MR) is 205 cm³/mol. The zero-order valence-corrected chi connectivity index (χ0v) is 29.5. The predicted octanol–water partition coefficient (Wildman–Crippen LogP) is 11.2. The molecule has 6 aliphatic carbocycles. The third kappa shape index (κ3) is 3.78. The molecule has 244 valence electrons. The van der Waals surface area contributed by atoms with E-state index >= 15 is 0 Å². The molecule has 2 heterocycles. The summed E-state index contributed by atoms with van der Waals surface area (Å²) in [5, 5.41) is 0. The van der Waals surface area contributed by atoms with Crippen molar-refractivity contribution in [1.82, 2.24) is 9.47 Å². The quantitative estimate of drug-likeness (QED) is 0.254. The summed E-state index contributed by atoms with van der Waals surface area (Å²) in [5.74, 6) is 2.02. The highest BCUT2D eigenvalue weighted by molar-refractivity contribution is 6.07. The fourth-order valence-corrected chi connectivity index (χ4v) is 11.1. The molecule has 2 aromatic carbocycles. The van der Waals surface area contributed by atoms with Crippen LogP contribution in [0.2, 0.25) is 0 Å². The molecule has 0 saturated heterocycles. The van der Waals surface area contributed by atoms with Crippen molar-refractivity contribution >= 4 is 16.8 Å². The molecular formula is C47H46N2. The van der Waals surface area contributed by atoms with E-state index in [4.69, 9.17) is 6.58 Å². The van der Waals surface area contributed by atoms with Gasteiger partial charge >= 0.3 is 0 Å². The number of likely N-dealkylation sites (N-methyl/N-ethyl adjacent to an activating group) is 1. The molecule has 1 aromatic heterocycles. The molecule has 3 aromatic rings. The van der Waals surface area contributed by atoms with Crippen molar-refractivity contribution in [3.05, 3.63) is 160 Å². The van der Waals surface area contributed by atoms with Gasteiger partial charge in [0.1, 0.15) is 6.17 Å². The van der Waals surface area contributed by atoms with Crippen LogP contribution in [0.1, 0.15) is 86.3 Å². The zero-order chi connectivity index (χ0) is 33.3. The van der Waals surface area contributed by atoms with Crippen molar-refractivity contribution in [3.63, 3.8) is 0 Å². The van der Waals surface area contributed by atoms with Crippen molar-refractivity contribution < 1.29 is 0 Å². The number of allylic oxidation sites excluding steroid dienone is 13. The highest BCUT2D eigenvalue weighted by Crippen LogP contribution is 2.63. The molecule has 0 saturated carbocycles. The van der Waals surface area contributed by atoms with E-state index in [0.717, 1.165) is 19.3 Å². The molecule has 0 bridgehead atoms. The summed E-state index contributed by atoms with van der Waals surface area (Å²) in [7, 11) is 2.33. The van der Waals surface area contributed by atoms with Crippen LogP contribution in [0.3, 0.4) is 0 Å². The van der Waals surface area contributed by atoms with E-state index in [1.165, 1.54) is 72.8 Å². The molecular weight excluding hydrogens is 593 g/mol. The van der Waals surface area contributed by atoms with Gasteiger partial charge in [0.15, 0.2) is 0 Å². The molecule has 0 radical (unpaired) electrons. The fraction of sp³-hybridized carbons (Fsp3) is 0.319. The molecule has 49 heavy (non-hydrogen) atoms. The van der Waals surface area contributed by atoms with Gasteiger partial charge in [0.2, 0.25) is 0 Å². The van der Waals surface area contributed by atoms with Gasteiger partial charge in [-0.2, -0.15) is 0 Å². The summed E-state index contributed by atoms with van der Waals surface area (Å²) in [4.78, 5) is 2.58. The average Bonchev–Trinajstić information content (AvgIpc) is 3.41. The number of aromatic nitrogens is 1. The monoisotopic (exact) mass is 638 g/mol. The Balaban J connectivity index is 1.35. The van der Waals surface area contributed by atoms with E-state index in [0.29, 0.717) is 23.7 Å². The molecule has 7 atom stereocenters. The number of benzene rings is 2. The van der Waals surface area contributed by atoms with Gasteiger partial charge < -0.3 is 9.47 Å². The molecule has 1 aliphatic heterocycles. The van der Waals surface area contributed by atoms with E-state index in [-0.39, 0.29) is 17.5 Å². The summed E-state index contributed by atoms with van der Waals surface area (Å²) in [6.45, 7) is 14.9. The molecule has 2 nitrogen and oxygen atoms in total. The number of nitrogens with zero attached hydrogens (tertiary/aromatic N) is 2. The lowest BCUT2D eigenvalue weighted by atomic mass is 9.59. The Kier molecular flexibility index (Phi) is 6.13. The summed E-state index contributed by atoms with van der Waals surface area (Å²) in [6, 6.07) is 18.2. The van der Waals surface area contributed by atoms with Gasteiger partial charge in [-0.25, -0.2) is 0 Å². The lowest BCUT2D eigenvalue weighted by Gasteiger charge is -2.49. The van der Waals surface area contributed by atoms with Crippen LogP contribution < -0.4 is 0 Å². The van der Waals surface area contributed by atoms with Crippen molar-refractivity contribution in [1.29, 1.82) is 0 Å². The highest BCUT2D eigenvalue weighted by atomic mass is 15.3. The minimum absolute atomic E-state index is 0.0192. The lowest BCUT2D eigenvalue weighted by Crippen LogP contribution is -2.44. The van der Waals surface area contributed by atoms with Crippen LogP contribution in [0.15, 0.2) is 127 Å². The van der Waals surface area contributed by atoms with Gasteiger partial charge in [-0.15, -0.1) is 0 Å². The largest absolute Gasteiger partial charge is 0.350 e. The Morgan fingerprint density at radius 3 is 2.55 bits per heavy atom. The summed E-state index contributed by atoms with van der Waals surface area (Å²) >= 11 is 0. The van der Waals surface area contributed by atoms with Crippen LogP contribution in [-0.4, -0.2) is 16.5 Å². The maximum Gasteiger partial charge on any atom is 0.128 e. The van der Waals surface area contributed by atoms with Gasteiger partial charge in [0.05, 0.1) is 0 Å². The standard InChI is InChI=1S/C47H46N2/c1-27-21-22-34-35-20-12-17-32-25-29(3)43-42(40(32)35)41-38(37(34)24-27)26-39-28(2)14-13-23-47(39,5)45(41)49(43)46-30(4)33-18-10-11-19-36(33)44(48(46)6)31-15-8-7-9-16-31/h7-13,15-23,26-29,33,39,46H,4,14,24-25H2,1-3,5-6H3. The molecule has 10 rings (SSSR count). The average molecular weight is 639 g/mol. The smallest absolute Gasteiger partial charge is 0.128 e. The Bertz CT molecular complexity index is 2210. The second kappa shape index (κ2) is 10.2. The van der Waals surface area contributed by atoms with Crippen molar-refractivity contribution in [2.75, 3.05) is 7.05 Å². The van der Waals surface area contributed by atoms with E-state index in [1.807, 2.05) is 0 Å². The maximum atomic E-state index is 5.02. The van der Waals surface area contributed by atoms with Crippen LogP contribution in [0, 0.1) is 23.7 Å². The van der Waals surface area contributed by atoms with Gasteiger partial charge in [-0.1, -0.05) is 131 Å². The lowest BCUT2D eigenvalue weighted by molar-refractivity contribution is 0.233. The third-order valence-corrected chi connectivity index (χ3v) is 13.1. The first-order valence-electron chi connectivity index (χ1n) is 18.6. The van der Waals surface area contributed by atoms with E-state index < -0.39 is 0 Å². The Morgan fingerprint density at radius 1 is 0.878 bits per heavy atom. The molecule has 0 fully saturated rings. The SMILES string of the molecule is C=C1C2C=CC=CC2=C(c2ccccc2)N(C)C1n1c2c3c4c1C1(C)C=CCC(C)C1C=C4C1=C(C=CC(C)C1)c1cccc(c1-3)CC2C. The fourth-order valence-electron chi connectivity index (χ4n) is 11.1. The highest BCUT2D eigenvalue weighted by Gasteiger charge is 2.52. The van der Waals surface area contributed by atoms with Gasteiger partial charge in [0, 0.05) is 52.5 Å². The second-order valence-electron chi connectivity index (χ2n) is 16.2. The maximum absolute atomic E-state index is 5.02. The first-order chi connectivity index (χ1) is 23.8. The molecule has 7 unspecified atom stereocenters. The van der Waals surface area contributed by atoms with Crippen LogP contribution in [0.25, 0.3) is 28.0 Å².